The van der Waals surface area contributed by atoms with Gasteiger partial charge in [0.15, 0.2) is 0 Å². The Bertz CT molecular complexity index is 435. The summed E-state index contributed by atoms with van der Waals surface area (Å²) in [4.78, 5) is 12.7. The van der Waals surface area contributed by atoms with Gasteiger partial charge in [-0.2, -0.15) is 0 Å². The van der Waals surface area contributed by atoms with E-state index in [-0.39, 0.29) is 10.6 Å². The van der Waals surface area contributed by atoms with Crippen molar-refractivity contribution in [2.45, 2.75) is 33.2 Å². The van der Waals surface area contributed by atoms with E-state index in [1.165, 1.54) is 6.07 Å². The Hall–Kier alpha value is -1.62. The molecule has 0 fully saturated rings. The molecule has 0 saturated carbocycles. The predicted octanol–water partition coefficient (Wildman–Crippen LogP) is 3.05. The van der Waals surface area contributed by atoms with E-state index < -0.39 is 0 Å². The van der Waals surface area contributed by atoms with Crippen molar-refractivity contribution >= 4 is 11.4 Å². The zero-order chi connectivity index (χ0) is 14.4. The number of hydrogen-bond donors (Lipinski definition) is 1. The summed E-state index contributed by atoms with van der Waals surface area (Å²) in [6.07, 6.45) is 1.12. The van der Waals surface area contributed by atoms with Gasteiger partial charge in [-0.25, -0.2) is 0 Å². The van der Waals surface area contributed by atoms with Crippen LogP contribution >= 0.6 is 0 Å². The Morgan fingerprint density at radius 1 is 1.47 bits per heavy atom. The van der Waals surface area contributed by atoms with E-state index in [1.807, 2.05) is 6.92 Å². The highest BCUT2D eigenvalue weighted by molar-refractivity contribution is 5.56. The second kappa shape index (κ2) is 7.09. The van der Waals surface area contributed by atoms with Gasteiger partial charge in [0.05, 0.1) is 4.92 Å². The smallest absolute Gasteiger partial charge is 0.271 e. The van der Waals surface area contributed by atoms with Crippen LogP contribution in [0.3, 0.4) is 0 Å². The highest BCUT2D eigenvalue weighted by atomic mass is 16.6. The number of nitrogens with zero attached hydrogens (tertiary/aromatic N) is 2. The van der Waals surface area contributed by atoms with Crippen LogP contribution < -0.4 is 5.32 Å². The lowest BCUT2D eigenvalue weighted by Gasteiger charge is -2.23. The van der Waals surface area contributed by atoms with Crippen LogP contribution in [0.25, 0.3) is 0 Å². The van der Waals surface area contributed by atoms with Gasteiger partial charge in [-0.05, 0) is 32.9 Å². The molecule has 1 atom stereocenters. The van der Waals surface area contributed by atoms with E-state index in [0.29, 0.717) is 6.04 Å². The molecular formula is C14H23N3O2. The summed E-state index contributed by atoms with van der Waals surface area (Å²) < 4.78 is 0. The molecule has 0 bridgehead atoms. The van der Waals surface area contributed by atoms with Gasteiger partial charge >= 0.3 is 0 Å². The minimum atomic E-state index is -0.365. The van der Waals surface area contributed by atoms with Gasteiger partial charge in [0, 0.05) is 37.0 Å². The number of benzene rings is 1. The Balaban J connectivity index is 2.58. The third-order valence-corrected chi connectivity index (χ3v) is 3.56. The Morgan fingerprint density at radius 3 is 2.74 bits per heavy atom. The van der Waals surface area contributed by atoms with Crippen LogP contribution in [0.5, 0.6) is 0 Å². The number of rotatable bonds is 7. The molecule has 0 heterocycles. The number of nitro benzene ring substituents is 1. The van der Waals surface area contributed by atoms with E-state index in [4.69, 9.17) is 0 Å². The zero-order valence-corrected chi connectivity index (χ0v) is 12.1. The molecule has 1 aromatic carbocycles. The molecule has 0 spiro atoms. The molecule has 0 aliphatic rings. The maximum absolute atomic E-state index is 10.7. The van der Waals surface area contributed by atoms with Crippen LogP contribution in [0.4, 0.5) is 11.4 Å². The molecule has 0 radical (unpaired) electrons. The molecule has 106 valence electrons. The molecule has 0 aliphatic heterocycles. The largest absolute Gasteiger partial charge is 0.383 e. The Labute approximate surface area is 114 Å². The van der Waals surface area contributed by atoms with Gasteiger partial charge in [0.25, 0.3) is 5.69 Å². The minimum absolute atomic E-state index is 0.128. The van der Waals surface area contributed by atoms with Crippen molar-refractivity contribution in [1.29, 1.82) is 0 Å². The average Bonchev–Trinajstić information content (AvgIpc) is 2.39. The SMILES string of the molecule is CCC(C)N(C)CCNc1cc([N+](=O)[O-])ccc1C. The fraction of sp³-hybridized carbons (Fsp3) is 0.571. The van der Waals surface area contributed by atoms with Gasteiger partial charge in [0.2, 0.25) is 0 Å². The molecule has 0 amide bonds. The van der Waals surface area contributed by atoms with Gasteiger partial charge in [-0.1, -0.05) is 13.0 Å². The topological polar surface area (TPSA) is 58.4 Å². The highest BCUT2D eigenvalue weighted by Gasteiger charge is 2.09. The van der Waals surface area contributed by atoms with E-state index >= 15 is 0 Å². The van der Waals surface area contributed by atoms with Crippen molar-refractivity contribution in [2.75, 3.05) is 25.5 Å². The molecule has 19 heavy (non-hydrogen) atoms. The second-order valence-electron chi connectivity index (χ2n) is 4.92. The maximum atomic E-state index is 10.7. The molecule has 0 saturated heterocycles. The minimum Gasteiger partial charge on any atom is -0.383 e. The number of non-ortho nitro benzene ring substituents is 1. The maximum Gasteiger partial charge on any atom is 0.271 e. The molecule has 1 aromatic rings. The third kappa shape index (κ3) is 4.52. The number of nitro groups is 1. The first-order valence-electron chi connectivity index (χ1n) is 6.64. The zero-order valence-electron chi connectivity index (χ0n) is 12.1. The normalized spacial score (nSPS) is 12.5. The van der Waals surface area contributed by atoms with Crippen molar-refractivity contribution in [3.63, 3.8) is 0 Å². The van der Waals surface area contributed by atoms with Crippen molar-refractivity contribution < 1.29 is 4.92 Å². The number of hydrogen-bond acceptors (Lipinski definition) is 4. The molecule has 0 aliphatic carbocycles. The van der Waals surface area contributed by atoms with Gasteiger partial charge in [-0.15, -0.1) is 0 Å². The Kier molecular flexibility index (Phi) is 5.76. The van der Waals surface area contributed by atoms with E-state index in [2.05, 4.69) is 31.1 Å². The second-order valence-corrected chi connectivity index (χ2v) is 4.92. The van der Waals surface area contributed by atoms with Crippen molar-refractivity contribution in [1.82, 2.24) is 4.90 Å². The van der Waals surface area contributed by atoms with Crippen LogP contribution in [0.1, 0.15) is 25.8 Å². The summed E-state index contributed by atoms with van der Waals surface area (Å²) >= 11 is 0. The monoisotopic (exact) mass is 265 g/mol. The van der Waals surface area contributed by atoms with Gasteiger partial charge in [0.1, 0.15) is 0 Å². The van der Waals surface area contributed by atoms with Crippen molar-refractivity contribution in [2.24, 2.45) is 0 Å². The Morgan fingerprint density at radius 2 is 2.16 bits per heavy atom. The quantitative estimate of drug-likeness (QED) is 0.608. The number of anilines is 1. The molecule has 5 heteroatoms. The molecule has 0 aromatic heterocycles. The lowest BCUT2D eigenvalue weighted by Crippen LogP contribution is -2.32. The summed E-state index contributed by atoms with van der Waals surface area (Å²) in [6, 6.07) is 5.46. The lowest BCUT2D eigenvalue weighted by atomic mass is 10.2. The predicted molar refractivity (Wildman–Crippen MR) is 78.7 cm³/mol. The number of aryl methyl sites for hydroxylation is 1. The molecule has 1 rings (SSSR count). The molecule has 5 nitrogen and oxygen atoms in total. The first-order chi connectivity index (χ1) is 8.95. The summed E-state index contributed by atoms with van der Waals surface area (Å²) in [5, 5.41) is 14.0. The van der Waals surface area contributed by atoms with E-state index in [9.17, 15) is 10.1 Å². The fourth-order valence-corrected chi connectivity index (χ4v) is 1.81. The van der Waals surface area contributed by atoms with Crippen LogP contribution in [0, 0.1) is 17.0 Å². The van der Waals surface area contributed by atoms with E-state index in [1.54, 1.807) is 12.1 Å². The average molecular weight is 265 g/mol. The molecular weight excluding hydrogens is 242 g/mol. The summed E-state index contributed by atoms with van der Waals surface area (Å²) in [5.41, 5.74) is 1.99. The number of nitrogens with one attached hydrogen (secondary N) is 1. The van der Waals surface area contributed by atoms with Crippen LogP contribution in [-0.2, 0) is 0 Å². The van der Waals surface area contributed by atoms with Crippen LogP contribution in [0.2, 0.25) is 0 Å². The van der Waals surface area contributed by atoms with Crippen LogP contribution in [-0.4, -0.2) is 36.0 Å². The summed E-state index contributed by atoms with van der Waals surface area (Å²) in [7, 11) is 2.09. The number of likely N-dealkylation sites (N-methyl/N-ethyl adjacent to an activating group) is 1. The lowest BCUT2D eigenvalue weighted by molar-refractivity contribution is -0.384. The van der Waals surface area contributed by atoms with Crippen LogP contribution in [0.15, 0.2) is 18.2 Å². The fourth-order valence-electron chi connectivity index (χ4n) is 1.81. The molecule has 1 N–H and O–H groups in total. The van der Waals surface area contributed by atoms with Gasteiger partial charge in [-0.3, -0.25) is 10.1 Å². The van der Waals surface area contributed by atoms with Crippen molar-refractivity contribution in [3.05, 3.63) is 33.9 Å². The molecule has 1 unspecified atom stereocenters. The summed E-state index contributed by atoms with van der Waals surface area (Å²) in [6.45, 7) is 8.00. The van der Waals surface area contributed by atoms with Gasteiger partial charge < -0.3 is 10.2 Å². The standard InChI is InChI=1S/C14H23N3O2/c1-5-12(3)16(4)9-8-15-14-10-13(17(18)19)7-6-11(14)2/h6-7,10,12,15H,5,8-9H2,1-4H3. The first kappa shape index (κ1) is 15.4. The van der Waals surface area contributed by atoms with E-state index in [0.717, 1.165) is 30.8 Å². The summed E-state index contributed by atoms with van der Waals surface area (Å²) in [5.74, 6) is 0. The first-order valence-corrected chi connectivity index (χ1v) is 6.64. The third-order valence-electron chi connectivity index (χ3n) is 3.56. The van der Waals surface area contributed by atoms with Crippen molar-refractivity contribution in [3.8, 4) is 0 Å². The highest BCUT2D eigenvalue weighted by Crippen LogP contribution is 2.21.